The minimum atomic E-state index is 0.491. The van der Waals surface area contributed by atoms with E-state index in [0.717, 1.165) is 19.3 Å². The third-order valence-corrected chi connectivity index (χ3v) is 9.90. The Bertz CT molecular complexity index is 2350. The molecule has 1 heterocycles. The summed E-state index contributed by atoms with van der Waals surface area (Å²) in [6, 6.07) is 58.5. The lowest BCUT2D eigenvalue weighted by molar-refractivity contribution is 0.629. The van der Waals surface area contributed by atoms with Gasteiger partial charge in [-0.1, -0.05) is 127 Å². The molecule has 1 atom stereocenters. The molecule has 1 unspecified atom stereocenters. The lowest BCUT2D eigenvalue weighted by Crippen LogP contribution is -2.04. The van der Waals surface area contributed by atoms with Crippen molar-refractivity contribution in [2.75, 3.05) is 0 Å². The summed E-state index contributed by atoms with van der Waals surface area (Å²) in [4.78, 5) is 0. The van der Waals surface area contributed by atoms with Crippen molar-refractivity contribution >= 4 is 32.6 Å². The second kappa shape index (κ2) is 10.6. The van der Waals surface area contributed by atoms with E-state index in [1.54, 1.807) is 0 Å². The van der Waals surface area contributed by atoms with Gasteiger partial charge in [-0.3, -0.25) is 0 Å². The molecule has 0 saturated heterocycles. The molecule has 0 N–H and O–H groups in total. The Labute approximate surface area is 264 Å². The molecule has 45 heavy (non-hydrogen) atoms. The first kappa shape index (κ1) is 26.0. The molecular weight excluding hydrogens is 542 g/mol. The molecular formula is C44H33N. The molecule has 0 fully saturated rings. The molecule has 0 amide bonds. The van der Waals surface area contributed by atoms with Gasteiger partial charge in [-0.15, -0.1) is 0 Å². The highest BCUT2D eigenvalue weighted by atomic mass is 15.0. The predicted octanol–water partition coefficient (Wildman–Crippen LogP) is 11.5. The van der Waals surface area contributed by atoms with Crippen LogP contribution < -0.4 is 0 Å². The zero-order chi connectivity index (χ0) is 29.7. The fourth-order valence-corrected chi connectivity index (χ4v) is 7.74. The van der Waals surface area contributed by atoms with Crippen LogP contribution in [0.5, 0.6) is 0 Å². The summed E-state index contributed by atoms with van der Waals surface area (Å²) >= 11 is 0. The van der Waals surface area contributed by atoms with Crippen molar-refractivity contribution in [2.45, 2.75) is 25.2 Å². The van der Waals surface area contributed by atoms with Crippen molar-refractivity contribution in [3.63, 3.8) is 0 Å². The van der Waals surface area contributed by atoms with E-state index in [-0.39, 0.29) is 0 Å². The lowest BCUT2D eigenvalue weighted by Gasteiger charge is -2.19. The Morgan fingerprint density at radius 3 is 2.16 bits per heavy atom. The van der Waals surface area contributed by atoms with Gasteiger partial charge in [0.15, 0.2) is 0 Å². The SMILES string of the molecule is c1ccc(CC2CCc3ccccc3-c3cc(-c4ccc5c(c4)c4ccccc4n5-c4cccc5ccccc45)ccc32)cc1. The van der Waals surface area contributed by atoms with Gasteiger partial charge < -0.3 is 4.57 Å². The molecule has 0 radical (unpaired) electrons. The van der Waals surface area contributed by atoms with Crippen molar-refractivity contribution in [1.29, 1.82) is 0 Å². The van der Waals surface area contributed by atoms with Gasteiger partial charge in [-0.25, -0.2) is 0 Å². The van der Waals surface area contributed by atoms with E-state index in [0.29, 0.717) is 5.92 Å². The summed E-state index contributed by atoms with van der Waals surface area (Å²) in [6.07, 6.45) is 3.34. The molecule has 9 rings (SSSR count). The standard InChI is InChI=1S/C44H33N/c1-2-11-30(12-3-1)27-35-22-21-32-14-4-6-16-36(32)40-28-33(23-25-37(35)40)34-24-26-44-41(29-34)39-18-8-9-19-43(39)45(44)42-20-10-15-31-13-5-7-17-38(31)42/h1-20,23-26,28-29,35H,21-22,27H2. The molecule has 1 nitrogen and oxygen atoms in total. The number of aromatic nitrogens is 1. The average Bonchev–Trinajstić information content (AvgIpc) is 3.35. The number of hydrogen-bond donors (Lipinski definition) is 0. The van der Waals surface area contributed by atoms with Gasteiger partial charge >= 0.3 is 0 Å². The number of aryl methyl sites for hydroxylation is 1. The van der Waals surface area contributed by atoms with E-state index in [2.05, 4.69) is 162 Å². The van der Waals surface area contributed by atoms with Gasteiger partial charge in [0.05, 0.1) is 16.7 Å². The maximum Gasteiger partial charge on any atom is 0.0541 e. The average molecular weight is 576 g/mol. The van der Waals surface area contributed by atoms with Crippen LogP contribution in [0.15, 0.2) is 158 Å². The van der Waals surface area contributed by atoms with E-state index in [1.807, 2.05) is 0 Å². The van der Waals surface area contributed by atoms with Gasteiger partial charge in [0.2, 0.25) is 0 Å². The van der Waals surface area contributed by atoms with Crippen LogP contribution >= 0.6 is 0 Å². The van der Waals surface area contributed by atoms with Crippen molar-refractivity contribution in [3.05, 3.63) is 174 Å². The first-order chi connectivity index (χ1) is 22.3. The van der Waals surface area contributed by atoms with Gasteiger partial charge in [0.1, 0.15) is 0 Å². The zero-order valence-electron chi connectivity index (χ0n) is 25.2. The summed E-state index contributed by atoms with van der Waals surface area (Å²) in [7, 11) is 0. The first-order valence-corrected chi connectivity index (χ1v) is 16.1. The summed E-state index contributed by atoms with van der Waals surface area (Å²) in [6.45, 7) is 0. The second-order valence-electron chi connectivity index (χ2n) is 12.5. The number of hydrogen-bond acceptors (Lipinski definition) is 0. The minimum Gasteiger partial charge on any atom is -0.309 e. The van der Waals surface area contributed by atoms with Gasteiger partial charge in [-0.2, -0.15) is 0 Å². The third-order valence-electron chi connectivity index (χ3n) is 9.90. The maximum atomic E-state index is 2.46. The van der Waals surface area contributed by atoms with Crippen molar-refractivity contribution in [1.82, 2.24) is 4.57 Å². The normalized spacial score (nSPS) is 14.4. The molecule has 0 aliphatic heterocycles. The lowest BCUT2D eigenvalue weighted by atomic mass is 9.85. The van der Waals surface area contributed by atoms with E-state index in [1.165, 1.54) is 77.2 Å². The topological polar surface area (TPSA) is 4.93 Å². The molecule has 7 aromatic carbocycles. The van der Waals surface area contributed by atoms with Crippen molar-refractivity contribution < 1.29 is 0 Å². The summed E-state index contributed by atoms with van der Waals surface area (Å²) in [5, 5.41) is 5.09. The summed E-state index contributed by atoms with van der Waals surface area (Å²) in [5.74, 6) is 0.491. The van der Waals surface area contributed by atoms with Gasteiger partial charge in [-0.05, 0) is 99.8 Å². The van der Waals surface area contributed by atoms with Crippen LogP contribution in [0.2, 0.25) is 0 Å². The van der Waals surface area contributed by atoms with E-state index < -0.39 is 0 Å². The maximum absolute atomic E-state index is 2.46. The molecule has 0 saturated carbocycles. The minimum absolute atomic E-state index is 0.491. The van der Waals surface area contributed by atoms with E-state index in [9.17, 15) is 0 Å². The molecule has 0 spiro atoms. The van der Waals surface area contributed by atoms with Gasteiger partial charge in [0.25, 0.3) is 0 Å². The van der Waals surface area contributed by atoms with Crippen LogP contribution in [0.4, 0.5) is 0 Å². The zero-order valence-corrected chi connectivity index (χ0v) is 25.2. The molecule has 1 heteroatoms. The van der Waals surface area contributed by atoms with Crippen LogP contribution in [0.3, 0.4) is 0 Å². The summed E-state index contributed by atoms with van der Waals surface area (Å²) in [5.41, 5.74) is 13.3. The Hall–Kier alpha value is -5.40. The number of fused-ring (bicyclic) bond motifs is 7. The molecule has 0 bridgehead atoms. The monoisotopic (exact) mass is 575 g/mol. The van der Waals surface area contributed by atoms with Crippen LogP contribution in [-0.4, -0.2) is 4.57 Å². The fourth-order valence-electron chi connectivity index (χ4n) is 7.74. The third kappa shape index (κ3) is 4.38. The highest BCUT2D eigenvalue weighted by molar-refractivity contribution is 6.11. The Morgan fingerprint density at radius 2 is 1.22 bits per heavy atom. The highest BCUT2D eigenvalue weighted by Gasteiger charge is 2.23. The van der Waals surface area contributed by atoms with E-state index >= 15 is 0 Å². The van der Waals surface area contributed by atoms with Crippen molar-refractivity contribution in [2.24, 2.45) is 0 Å². The Kier molecular flexibility index (Phi) is 6.16. The van der Waals surface area contributed by atoms with Crippen LogP contribution in [0, 0.1) is 0 Å². The molecule has 1 aliphatic carbocycles. The molecule has 8 aromatic rings. The second-order valence-corrected chi connectivity index (χ2v) is 12.5. The number of benzene rings is 7. The first-order valence-electron chi connectivity index (χ1n) is 16.1. The number of rotatable bonds is 4. The molecule has 1 aliphatic rings. The Balaban J connectivity index is 1.21. The van der Waals surface area contributed by atoms with Gasteiger partial charge in [0, 0.05) is 16.2 Å². The smallest absolute Gasteiger partial charge is 0.0541 e. The van der Waals surface area contributed by atoms with E-state index in [4.69, 9.17) is 0 Å². The van der Waals surface area contributed by atoms with Crippen molar-refractivity contribution in [3.8, 4) is 27.9 Å². The van der Waals surface area contributed by atoms with Crippen LogP contribution in [0.1, 0.15) is 29.0 Å². The summed E-state index contributed by atoms with van der Waals surface area (Å²) < 4.78 is 2.44. The molecule has 214 valence electrons. The number of para-hydroxylation sites is 1. The quantitative estimate of drug-likeness (QED) is 0.197. The largest absolute Gasteiger partial charge is 0.309 e. The van der Waals surface area contributed by atoms with Crippen LogP contribution in [0.25, 0.3) is 60.5 Å². The fraction of sp³-hybridized carbons (Fsp3) is 0.0909. The van der Waals surface area contributed by atoms with Crippen LogP contribution in [-0.2, 0) is 12.8 Å². The Morgan fingerprint density at radius 1 is 0.511 bits per heavy atom. The molecule has 1 aromatic heterocycles. The number of nitrogens with zero attached hydrogens (tertiary/aromatic N) is 1. The highest BCUT2D eigenvalue weighted by Crippen LogP contribution is 2.43. The predicted molar refractivity (Wildman–Crippen MR) is 190 cm³/mol.